The molecule has 24 heavy (non-hydrogen) atoms. The fraction of sp³-hybridized carbons (Fsp3) is 0.667. The molecule has 1 aliphatic heterocycles. The van der Waals surface area contributed by atoms with E-state index in [0.717, 1.165) is 30.6 Å². The number of ether oxygens (including phenoxy) is 1. The molecule has 0 spiro atoms. The summed E-state index contributed by atoms with van der Waals surface area (Å²) in [7, 11) is 0. The zero-order valence-electron chi connectivity index (χ0n) is 14.2. The molecule has 0 aliphatic carbocycles. The average molecular weight is 339 g/mol. The number of unbranched alkanes of at least 4 members (excludes halogenated alkanes) is 2. The number of benzene rings is 1. The molecule has 1 aromatic rings. The maximum Gasteiger partial charge on any atom is 0.119 e. The van der Waals surface area contributed by atoms with Gasteiger partial charge in [0.1, 0.15) is 18.0 Å². The van der Waals surface area contributed by atoms with Gasteiger partial charge in [-0.1, -0.05) is 31.9 Å². The predicted octanol–water partition coefficient (Wildman–Crippen LogP) is 0.515. The zero-order chi connectivity index (χ0) is 17.5. The lowest BCUT2D eigenvalue weighted by atomic mass is 9.94. The third-order valence-corrected chi connectivity index (χ3v) is 4.54. The monoisotopic (exact) mass is 339 g/mol. The Morgan fingerprint density at radius 2 is 1.79 bits per heavy atom. The molecule has 0 radical (unpaired) electrons. The Bertz CT molecular complexity index is 481. The van der Waals surface area contributed by atoms with Crippen LogP contribution in [0.2, 0.25) is 0 Å². The summed E-state index contributed by atoms with van der Waals surface area (Å²) in [4.78, 5) is 1.79. The van der Waals surface area contributed by atoms with E-state index in [2.05, 4.69) is 6.92 Å². The number of rotatable bonds is 8. The summed E-state index contributed by atoms with van der Waals surface area (Å²) in [5.74, 6) is 0.822. The molecule has 1 aromatic carbocycles. The van der Waals surface area contributed by atoms with Crippen LogP contribution in [-0.4, -0.2) is 69.4 Å². The number of nitrogens with zero attached hydrogens (tertiary/aromatic N) is 1. The Labute approximate surface area is 143 Å². The molecule has 1 saturated heterocycles. The van der Waals surface area contributed by atoms with Gasteiger partial charge in [-0.2, -0.15) is 0 Å². The minimum Gasteiger partial charge on any atom is -0.494 e. The number of likely N-dealkylation sites (tertiary alicyclic amines) is 1. The van der Waals surface area contributed by atoms with Crippen molar-refractivity contribution in [1.29, 1.82) is 0 Å². The molecule has 6 heteroatoms. The van der Waals surface area contributed by atoms with Crippen LogP contribution in [-0.2, 0) is 6.54 Å². The van der Waals surface area contributed by atoms with E-state index in [4.69, 9.17) is 4.74 Å². The Balaban J connectivity index is 1.92. The highest BCUT2D eigenvalue weighted by Crippen LogP contribution is 2.22. The fourth-order valence-electron chi connectivity index (χ4n) is 3.03. The van der Waals surface area contributed by atoms with Crippen molar-refractivity contribution in [2.75, 3.05) is 19.8 Å². The van der Waals surface area contributed by atoms with Gasteiger partial charge in [0.15, 0.2) is 0 Å². The van der Waals surface area contributed by atoms with Crippen LogP contribution in [0, 0.1) is 0 Å². The Morgan fingerprint density at radius 1 is 1.08 bits per heavy atom. The van der Waals surface area contributed by atoms with Crippen LogP contribution in [0.25, 0.3) is 0 Å². The molecule has 2 rings (SSSR count). The van der Waals surface area contributed by atoms with Gasteiger partial charge in [0.25, 0.3) is 0 Å². The highest BCUT2D eigenvalue weighted by Gasteiger charge is 2.40. The van der Waals surface area contributed by atoms with Gasteiger partial charge in [-0.3, -0.25) is 4.90 Å². The lowest BCUT2D eigenvalue weighted by Gasteiger charge is -2.43. The number of piperidine rings is 1. The maximum atomic E-state index is 10.0. The molecular weight excluding hydrogens is 310 g/mol. The van der Waals surface area contributed by atoms with Crippen molar-refractivity contribution in [3.63, 3.8) is 0 Å². The molecule has 0 unspecified atom stereocenters. The standard InChI is InChI=1S/C18H29NO5/c1-2-3-4-9-24-14-7-5-13(6-8-14)10-19-11-16(21)18(23)17(22)15(19)12-20/h5-8,15-18,20-23H,2-4,9-12H2,1H3/t15-,16-,17-,18+/m0/s1. The molecule has 4 N–H and O–H groups in total. The summed E-state index contributed by atoms with van der Waals surface area (Å²) in [5.41, 5.74) is 0.991. The van der Waals surface area contributed by atoms with Crippen molar-refractivity contribution in [3.8, 4) is 5.75 Å². The molecule has 0 amide bonds. The summed E-state index contributed by atoms with van der Waals surface area (Å²) in [5, 5.41) is 39.1. The first-order valence-corrected chi connectivity index (χ1v) is 8.67. The Kier molecular flexibility index (Phi) is 7.45. The van der Waals surface area contributed by atoms with Crippen LogP contribution in [0.5, 0.6) is 5.75 Å². The van der Waals surface area contributed by atoms with Crippen molar-refractivity contribution in [2.45, 2.75) is 57.1 Å². The van der Waals surface area contributed by atoms with Crippen molar-refractivity contribution >= 4 is 0 Å². The van der Waals surface area contributed by atoms with Crippen molar-refractivity contribution < 1.29 is 25.2 Å². The third kappa shape index (κ3) is 4.91. The first kappa shape index (κ1) is 19.1. The van der Waals surface area contributed by atoms with Gasteiger partial charge in [-0.15, -0.1) is 0 Å². The fourth-order valence-corrected chi connectivity index (χ4v) is 3.03. The smallest absolute Gasteiger partial charge is 0.119 e. The molecule has 1 aliphatic rings. The van der Waals surface area contributed by atoms with Gasteiger partial charge in [0.05, 0.1) is 25.4 Å². The largest absolute Gasteiger partial charge is 0.494 e. The molecular formula is C18H29NO5. The summed E-state index contributed by atoms with van der Waals surface area (Å²) in [6, 6.07) is 7.09. The first-order chi connectivity index (χ1) is 11.6. The van der Waals surface area contributed by atoms with Crippen LogP contribution in [0.3, 0.4) is 0 Å². The predicted molar refractivity (Wildman–Crippen MR) is 90.8 cm³/mol. The molecule has 6 nitrogen and oxygen atoms in total. The van der Waals surface area contributed by atoms with Crippen molar-refractivity contribution in [1.82, 2.24) is 4.90 Å². The van der Waals surface area contributed by atoms with E-state index in [-0.39, 0.29) is 13.2 Å². The topological polar surface area (TPSA) is 93.4 Å². The Morgan fingerprint density at radius 3 is 2.42 bits per heavy atom. The average Bonchev–Trinajstić information content (AvgIpc) is 2.58. The van der Waals surface area contributed by atoms with E-state index < -0.39 is 24.4 Å². The minimum atomic E-state index is -1.22. The number of hydrogen-bond donors (Lipinski definition) is 4. The summed E-state index contributed by atoms with van der Waals surface area (Å²) in [6.45, 7) is 3.27. The molecule has 0 saturated carbocycles. The van der Waals surface area contributed by atoms with Crippen LogP contribution < -0.4 is 4.74 Å². The van der Waals surface area contributed by atoms with Gasteiger partial charge >= 0.3 is 0 Å². The lowest BCUT2D eigenvalue weighted by Crippen LogP contribution is -2.62. The molecule has 4 atom stereocenters. The first-order valence-electron chi connectivity index (χ1n) is 8.67. The van der Waals surface area contributed by atoms with Crippen LogP contribution in [0.1, 0.15) is 31.7 Å². The molecule has 1 heterocycles. The lowest BCUT2D eigenvalue weighted by molar-refractivity contribution is -0.147. The molecule has 136 valence electrons. The van der Waals surface area contributed by atoms with Gasteiger partial charge in [-0.25, -0.2) is 0 Å². The van der Waals surface area contributed by atoms with Gasteiger partial charge in [0, 0.05) is 13.1 Å². The second-order valence-electron chi connectivity index (χ2n) is 6.43. The van der Waals surface area contributed by atoms with Crippen molar-refractivity contribution in [2.24, 2.45) is 0 Å². The highest BCUT2D eigenvalue weighted by atomic mass is 16.5. The Hall–Kier alpha value is -1.18. The number of β-amino-alcohol motifs (C(OH)–C–C–N with tert-alkyl or cyclic N) is 1. The van der Waals surface area contributed by atoms with Crippen LogP contribution >= 0.6 is 0 Å². The normalized spacial score (nSPS) is 28.0. The van der Waals surface area contributed by atoms with E-state index in [1.165, 1.54) is 0 Å². The highest BCUT2D eigenvalue weighted by molar-refractivity contribution is 5.27. The van der Waals surface area contributed by atoms with Gasteiger partial charge in [0.2, 0.25) is 0 Å². The zero-order valence-corrected chi connectivity index (χ0v) is 14.2. The van der Waals surface area contributed by atoms with E-state index in [9.17, 15) is 20.4 Å². The van der Waals surface area contributed by atoms with Gasteiger partial charge in [-0.05, 0) is 24.1 Å². The van der Waals surface area contributed by atoms with E-state index in [1.54, 1.807) is 4.90 Å². The van der Waals surface area contributed by atoms with Crippen LogP contribution in [0.15, 0.2) is 24.3 Å². The number of aliphatic hydroxyl groups excluding tert-OH is 4. The summed E-state index contributed by atoms with van der Waals surface area (Å²) < 4.78 is 5.68. The number of aliphatic hydroxyl groups is 4. The SMILES string of the molecule is CCCCCOc1ccc(CN2C[C@H](O)[C@@H](O)[C@@H](O)[C@@H]2CO)cc1. The minimum absolute atomic E-state index is 0.207. The maximum absolute atomic E-state index is 10.0. The second kappa shape index (κ2) is 9.34. The number of hydrogen-bond acceptors (Lipinski definition) is 6. The quantitative estimate of drug-likeness (QED) is 0.516. The molecule has 0 bridgehead atoms. The summed E-state index contributed by atoms with van der Waals surface area (Å²) >= 11 is 0. The van der Waals surface area contributed by atoms with Crippen molar-refractivity contribution in [3.05, 3.63) is 29.8 Å². The van der Waals surface area contributed by atoms with E-state index in [1.807, 2.05) is 24.3 Å². The summed E-state index contributed by atoms with van der Waals surface area (Å²) in [6.07, 6.45) is -0.0495. The van der Waals surface area contributed by atoms with E-state index in [0.29, 0.717) is 13.2 Å². The van der Waals surface area contributed by atoms with E-state index >= 15 is 0 Å². The third-order valence-electron chi connectivity index (χ3n) is 4.54. The van der Waals surface area contributed by atoms with Crippen LogP contribution in [0.4, 0.5) is 0 Å². The second-order valence-corrected chi connectivity index (χ2v) is 6.43. The molecule has 0 aromatic heterocycles. The van der Waals surface area contributed by atoms with Gasteiger partial charge < -0.3 is 25.2 Å². The molecule has 1 fully saturated rings.